The lowest BCUT2D eigenvalue weighted by atomic mass is 10.4. The maximum atomic E-state index is 10.8. The molecule has 0 unspecified atom stereocenters. The van der Waals surface area contributed by atoms with Gasteiger partial charge in [-0.15, -0.1) is 0 Å². The van der Waals surface area contributed by atoms with E-state index in [2.05, 4.69) is 11.7 Å². The van der Waals surface area contributed by atoms with Crippen LogP contribution in [0.2, 0.25) is 0 Å². The number of hydrogen-bond donors (Lipinski definition) is 0. The van der Waals surface area contributed by atoms with Gasteiger partial charge in [-0.05, 0) is 12.8 Å². The molecule has 84 valence electrons. The Balaban J connectivity index is 3.10. The summed E-state index contributed by atoms with van der Waals surface area (Å²) in [5.41, 5.74) is 0. The lowest BCUT2D eigenvalue weighted by Crippen LogP contribution is -2.11. The van der Waals surface area contributed by atoms with Gasteiger partial charge in [0, 0.05) is 0 Å². The van der Waals surface area contributed by atoms with Gasteiger partial charge in [0.2, 0.25) is 0 Å². The molecule has 4 nitrogen and oxygen atoms in total. The number of carbonyl (C=O) groups excluding carboxylic acids is 1. The molecule has 0 saturated carbocycles. The van der Waals surface area contributed by atoms with Gasteiger partial charge >= 0.3 is 6.16 Å². The van der Waals surface area contributed by atoms with Crippen LogP contribution in [0.3, 0.4) is 0 Å². The molecule has 0 aromatic carbocycles. The SMILES string of the molecule is CCCCOCOC(=O)OCCCC. The molecule has 0 amide bonds. The highest BCUT2D eigenvalue weighted by molar-refractivity contribution is 5.59. The molecule has 0 aromatic rings. The summed E-state index contributed by atoms with van der Waals surface area (Å²) in [5, 5.41) is 0. The quantitative estimate of drug-likeness (QED) is 0.346. The largest absolute Gasteiger partial charge is 0.510 e. The Morgan fingerprint density at radius 1 is 1.00 bits per heavy atom. The topological polar surface area (TPSA) is 44.8 Å². The van der Waals surface area contributed by atoms with E-state index in [-0.39, 0.29) is 6.79 Å². The third-order valence-corrected chi connectivity index (χ3v) is 1.62. The molecule has 0 aromatic heterocycles. The van der Waals surface area contributed by atoms with Gasteiger partial charge in [-0.1, -0.05) is 26.7 Å². The van der Waals surface area contributed by atoms with Gasteiger partial charge in [0.1, 0.15) is 0 Å². The van der Waals surface area contributed by atoms with E-state index in [1.54, 1.807) is 0 Å². The molecule has 0 rings (SSSR count). The monoisotopic (exact) mass is 204 g/mol. The van der Waals surface area contributed by atoms with Crippen LogP contribution in [0.1, 0.15) is 39.5 Å². The predicted molar refractivity (Wildman–Crippen MR) is 53.1 cm³/mol. The lowest BCUT2D eigenvalue weighted by Gasteiger charge is -2.05. The van der Waals surface area contributed by atoms with Gasteiger partial charge in [0.05, 0.1) is 13.2 Å². The molecule has 0 fully saturated rings. The molecule has 14 heavy (non-hydrogen) atoms. The van der Waals surface area contributed by atoms with E-state index in [0.29, 0.717) is 13.2 Å². The van der Waals surface area contributed by atoms with Crippen molar-refractivity contribution in [1.82, 2.24) is 0 Å². The zero-order chi connectivity index (χ0) is 10.6. The lowest BCUT2D eigenvalue weighted by molar-refractivity contribution is -0.0454. The Morgan fingerprint density at radius 3 is 2.29 bits per heavy atom. The van der Waals surface area contributed by atoms with Crippen LogP contribution in [0.5, 0.6) is 0 Å². The number of carbonyl (C=O) groups is 1. The Hall–Kier alpha value is -0.770. The van der Waals surface area contributed by atoms with Gasteiger partial charge < -0.3 is 14.2 Å². The molecule has 0 aliphatic carbocycles. The average molecular weight is 204 g/mol. The van der Waals surface area contributed by atoms with Gasteiger partial charge in [-0.25, -0.2) is 4.79 Å². The summed E-state index contributed by atoms with van der Waals surface area (Å²) < 4.78 is 14.4. The van der Waals surface area contributed by atoms with Gasteiger partial charge in [0.25, 0.3) is 0 Å². The number of unbranched alkanes of at least 4 members (excludes halogenated alkanes) is 2. The molecule has 0 spiro atoms. The molecular formula is C10H20O4. The summed E-state index contributed by atoms with van der Waals surface area (Å²) in [5.74, 6) is 0. The zero-order valence-corrected chi connectivity index (χ0v) is 9.08. The summed E-state index contributed by atoms with van der Waals surface area (Å²) >= 11 is 0. The molecule has 0 bridgehead atoms. The van der Waals surface area contributed by atoms with Crippen molar-refractivity contribution < 1.29 is 19.0 Å². The Bertz CT molecular complexity index is 136. The molecule has 0 saturated heterocycles. The highest BCUT2D eigenvalue weighted by Gasteiger charge is 2.01. The molecule has 4 heteroatoms. The standard InChI is InChI=1S/C10H20O4/c1-3-5-7-12-9-14-10(11)13-8-6-4-2/h3-9H2,1-2H3. The van der Waals surface area contributed by atoms with E-state index in [1.165, 1.54) is 0 Å². The number of ether oxygens (including phenoxy) is 3. The van der Waals surface area contributed by atoms with E-state index >= 15 is 0 Å². The van der Waals surface area contributed by atoms with Crippen LogP contribution >= 0.6 is 0 Å². The maximum absolute atomic E-state index is 10.8. The first kappa shape index (κ1) is 13.2. The zero-order valence-electron chi connectivity index (χ0n) is 9.08. The van der Waals surface area contributed by atoms with E-state index < -0.39 is 6.16 Å². The van der Waals surface area contributed by atoms with Gasteiger partial charge in [-0.3, -0.25) is 0 Å². The number of rotatable bonds is 8. The maximum Gasteiger partial charge on any atom is 0.510 e. The molecule has 0 N–H and O–H groups in total. The van der Waals surface area contributed by atoms with Crippen molar-refractivity contribution in [2.75, 3.05) is 20.0 Å². The first-order valence-electron chi connectivity index (χ1n) is 5.18. The van der Waals surface area contributed by atoms with Crippen LogP contribution in [-0.2, 0) is 14.2 Å². The van der Waals surface area contributed by atoms with Crippen LogP contribution in [0, 0.1) is 0 Å². The van der Waals surface area contributed by atoms with E-state index in [4.69, 9.17) is 9.47 Å². The molecule has 0 atom stereocenters. The van der Waals surface area contributed by atoms with Crippen LogP contribution in [0.4, 0.5) is 4.79 Å². The molecule has 0 aliphatic rings. The molecule has 0 aliphatic heterocycles. The van der Waals surface area contributed by atoms with Gasteiger partial charge in [-0.2, -0.15) is 0 Å². The van der Waals surface area contributed by atoms with Crippen LogP contribution in [-0.4, -0.2) is 26.2 Å². The van der Waals surface area contributed by atoms with Crippen LogP contribution < -0.4 is 0 Å². The Labute approximate surface area is 85.5 Å². The van der Waals surface area contributed by atoms with Crippen LogP contribution in [0.25, 0.3) is 0 Å². The predicted octanol–water partition coefficient (Wildman–Crippen LogP) is 2.71. The van der Waals surface area contributed by atoms with Crippen molar-refractivity contribution in [3.8, 4) is 0 Å². The van der Waals surface area contributed by atoms with Crippen molar-refractivity contribution in [1.29, 1.82) is 0 Å². The Kier molecular flexibility index (Phi) is 9.74. The Morgan fingerprint density at radius 2 is 1.64 bits per heavy atom. The highest BCUT2D eigenvalue weighted by atomic mass is 16.8. The summed E-state index contributed by atoms with van der Waals surface area (Å²) in [6.07, 6.45) is 3.27. The van der Waals surface area contributed by atoms with Crippen molar-refractivity contribution in [3.05, 3.63) is 0 Å². The smallest absolute Gasteiger partial charge is 0.434 e. The summed E-state index contributed by atoms with van der Waals surface area (Å²) in [4.78, 5) is 10.8. The molecular weight excluding hydrogens is 184 g/mol. The van der Waals surface area contributed by atoms with Crippen molar-refractivity contribution >= 4 is 6.16 Å². The fourth-order valence-corrected chi connectivity index (χ4v) is 0.737. The number of hydrogen-bond acceptors (Lipinski definition) is 4. The van der Waals surface area contributed by atoms with Crippen molar-refractivity contribution in [2.24, 2.45) is 0 Å². The summed E-state index contributed by atoms with van der Waals surface area (Å²) in [6, 6.07) is 0. The van der Waals surface area contributed by atoms with Crippen molar-refractivity contribution in [3.63, 3.8) is 0 Å². The second-order valence-corrected chi connectivity index (χ2v) is 2.98. The highest BCUT2D eigenvalue weighted by Crippen LogP contribution is 1.93. The summed E-state index contributed by atoms with van der Waals surface area (Å²) in [6.45, 7) is 5.14. The third-order valence-electron chi connectivity index (χ3n) is 1.62. The minimum atomic E-state index is -0.644. The minimum absolute atomic E-state index is 0.00897. The fourth-order valence-electron chi connectivity index (χ4n) is 0.737. The molecule has 0 heterocycles. The normalized spacial score (nSPS) is 9.86. The molecule has 0 radical (unpaired) electrons. The summed E-state index contributed by atoms with van der Waals surface area (Å²) in [7, 11) is 0. The third kappa shape index (κ3) is 9.32. The van der Waals surface area contributed by atoms with E-state index in [1.807, 2.05) is 6.92 Å². The first-order valence-corrected chi connectivity index (χ1v) is 5.18. The second-order valence-electron chi connectivity index (χ2n) is 2.98. The first-order chi connectivity index (χ1) is 6.81. The van der Waals surface area contributed by atoms with E-state index in [9.17, 15) is 4.79 Å². The van der Waals surface area contributed by atoms with E-state index in [0.717, 1.165) is 25.7 Å². The average Bonchev–Trinajstić information content (AvgIpc) is 2.18. The minimum Gasteiger partial charge on any atom is -0.434 e. The van der Waals surface area contributed by atoms with Crippen molar-refractivity contribution in [2.45, 2.75) is 39.5 Å². The van der Waals surface area contributed by atoms with Gasteiger partial charge in [0.15, 0.2) is 6.79 Å². The fraction of sp³-hybridized carbons (Fsp3) is 0.900. The second kappa shape index (κ2) is 10.3. The van der Waals surface area contributed by atoms with Crippen LogP contribution in [0.15, 0.2) is 0 Å².